The first-order valence-electron chi connectivity index (χ1n) is 8.45. The van der Waals surface area contributed by atoms with Crippen LogP contribution in [0.5, 0.6) is 0 Å². The summed E-state index contributed by atoms with van der Waals surface area (Å²) >= 11 is 0. The Bertz CT molecular complexity index is 553. The Morgan fingerprint density at radius 3 is 2.76 bits per heavy atom. The molecule has 2 aliphatic rings. The molecule has 25 heavy (non-hydrogen) atoms. The summed E-state index contributed by atoms with van der Waals surface area (Å²) in [5.74, 6) is 0.400. The molecule has 0 spiro atoms. The van der Waals surface area contributed by atoms with Gasteiger partial charge in [0, 0.05) is 25.8 Å². The van der Waals surface area contributed by atoms with Gasteiger partial charge in [-0.15, -0.1) is 24.8 Å². The van der Waals surface area contributed by atoms with E-state index in [2.05, 4.69) is 15.6 Å². The molecule has 2 atom stereocenters. The van der Waals surface area contributed by atoms with E-state index in [1.807, 2.05) is 17.0 Å². The lowest BCUT2D eigenvalue weighted by Gasteiger charge is -2.32. The molecule has 2 N–H and O–H groups in total. The number of carbonyl (C=O) groups excluding carboxylic acids is 2. The molecule has 6 nitrogen and oxygen atoms in total. The van der Waals surface area contributed by atoms with Gasteiger partial charge in [-0.2, -0.15) is 0 Å². The second-order valence-corrected chi connectivity index (χ2v) is 6.37. The SMILES string of the molecule is Cl.Cl.O=C(NCC1CCCN(C(=O)c2ccccn2)C1)C1CCCN1. The van der Waals surface area contributed by atoms with Crippen molar-refractivity contribution >= 4 is 36.6 Å². The Hall–Kier alpha value is -1.37. The molecule has 2 fully saturated rings. The van der Waals surface area contributed by atoms with E-state index in [1.165, 1.54) is 0 Å². The van der Waals surface area contributed by atoms with Gasteiger partial charge in [0.05, 0.1) is 6.04 Å². The second kappa shape index (κ2) is 10.6. The summed E-state index contributed by atoms with van der Waals surface area (Å²) in [5.41, 5.74) is 0.493. The summed E-state index contributed by atoms with van der Waals surface area (Å²) in [7, 11) is 0. The van der Waals surface area contributed by atoms with Crippen LogP contribution in [0.3, 0.4) is 0 Å². The van der Waals surface area contributed by atoms with Gasteiger partial charge in [-0.3, -0.25) is 14.6 Å². The summed E-state index contributed by atoms with van der Waals surface area (Å²) in [6.07, 6.45) is 5.64. The average molecular weight is 389 g/mol. The number of pyridine rings is 1. The first kappa shape index (κ1) is 21.7. The molecule has 2 amide bonds. The van der Waals surface area contributed by atoms with Gasteiger partial charge in [0.25, 0.3) is 5.91 Å². The molecule has 2 unspecified atom stereocenters. The number of hydrogen-bond donors (Lipinski definition) is 2. The van der Waals surface area contributed by atoms with Gasteiger partial charge in [-0.1, -0.05) is 6.07 Å². The van der Waals surface area contributed by atoms with E-state index in [1.54, 1.807) is 12.3 Å². The van der Waals surface area contributed by atoms with E-state index >= 15 is 0 Å². The van der Waals surface area contributed by atoms with Gasteiger partial charge < -0.3 is 15.5 Å². The first-order valence-corrected chi connectivity index (χ1v) is 8.45. The summed E-state index contributed by atoms with van der Waals surface area (Å²) in [4.78, 5) is 30.5. The maximum atomic E-state index is 12.5. The van der Waals surface area contributed by atoms with Gasteiger partial charge in [-0.25, -0.2) is 0 Å². The van der Waals surface area contributed by atoms with Gasteiger partial charge in [0.15, 0.2) is 0 Å². The number of amides is 2. The number of carbonyl (C=O) groups is 2. The van der Waals surface area contributed by atoms with Crippen LogP contribution in [0.25, 0.3) is 0 Å². The van der Waals surface area contributed by atoms with Crippen LogP contribution in [0.2, 0.25) is 0 Å². The van der Waals surface area contributed by atoms with Crippen molar-refractivity contribution in [2.24, 2.45) is 5.92 Å². The maximum Gasteiger partial charge on any atom is 0.272 e. The lowest BCUT2D eigenvalue weighted by atomic mass is 9.97. The fraction of sp³-hybridized carbons (Fsp3) is 0.588. The smallest absolute Gasteiger partial charge is 0.272 e. The molecule has 140 valence electrons. The average Bonchev–Trinajstić information content (AvgIpc) is 3.15. The van der Waals surface area contributed by atoms with Crippen molar-refractivity contribution in [3.8, 4) is 0 Å². The summed E-state index contributed by atoms with van der Waals surface area (Å²) in [6.45, 7) is 3.02. The Morgan fingerprint density at radius 1 is 1.24 bits per heavy atom. The zero-order valence-electron chi connectivity index (χ0n) is 14.1. The zero-order chi connectivity index (χ0) is 16.1. The minimum Gasteiger partial charge on any atom is -0.354 e. The van der Waals surface area contributed by atoms with Crippen LogP contribution < -0.4 is 10.6 Å². The topological polar surface area (TPSA) is 74.3 Å². The fourth-order valence-corrected chi connectivity index (χ4v) is 3.34. The second-order valence-electron chi connectivity index (χ2n) is 6.37. The molecule has 0 bridgehead atoms. The molecular formula is C17H26Cl2N4O2. The molecule has 0 aliphatic carbocycles. The predicted octanol–water partition coefficient (Wildman–Crippen LogP) is 1.65. The van der Waals surface area contributed by atoms with Crippen molar-refractivity contribution in [3.05, 3.63) is 30.1 Å². The highest BCUT2D eigenvalue weighted by Gasteiger charge is 2.27. The van der Waals surface area contributed by atoms with Crippen LogP contribution in [-0.4, -0.2) is 53.9 Å². The molecule has 2 aliphatic heterocycles. The Balaban J connectivity index is 0.00000156. The number of nitrogens with zero attached hydrogens (tertiary/aromatic N) is 2. The highest BCUT2D eigenvalue weighted by Crippen LogP contribution is 2.18. The minimum absolute atomic E-state index is 0. The van der Waals surface area contributed by atoms with E-state index in [4.69, 9.17) is 0 Å². The molecule has 0 aromatic carbocycles. The molecule has 1 aromatic rings. The van der Waals surface area contributed by atoms with Gasteiger partial charge >= 0.3 is 0 Å². The van der Waals surface area contributed by atoms with Crippen LogP contribution in [0.15, 0.2) is 24.4 Å². The predicted molar refractivity (Wildman–Crippen MR) is 101 cm³/mol. The molecule has 2 saturated heterocycles. The number of piperidine rings is 1. The Morgan fingerprint density at radius 2 is 2.08 bits per heavy atom. The van der Waals surface area contributed by atoms with E-state index < -0.39 is 0 Å². The van der Waals surface area contributed by atoms with Crippen molar-refractivity contribution in [1.29, 1.82) is 0 Å². The van der Waals surface area contributed by atoms with Crippen molar-refractivity contribution in [2.45, 2.75) is 31.7 Å². The summed E-state index contributed by atoms with van der Waals surface area (Å²) in [5, 5.41) is 6.25. The highest BCUT2D eigenvalue weighted by atomic mass is 35.5. The molecule has 0 saturated carbocycles. The lowest BCUT2D eigenvalue weighted by molar-refractivity contribution is -0.123. The monoisotopic (exact) mass is 388 g/mol. The summed E-state index contributed by atoms with van der Waals surface area (Å²) < 4.78 is 0. The third-order valence-corrected chi connectivity index (χ3v) is 4.63. The van der Waals surface area contributed by atoms with Crippen molar-refractivity contribution in [3.63, 3.8) is 0 Å². The Kier molecular flexibility index (Phi) is 9.17. The molecule has 3 rings (SSSR count). The highest BCUT2D eigenvalue weighted by molar-refractivity contribution is 5.92. The first-order chi connectivity index (χ1) is 11.2. The number of rotatable bonds is 4. The number of nitrogens with one attached hydrogen (secondary N) is 2. The van der Waals surface area contributed by atoms with E-state index in [0.29, 0.717) is 24.7 Å². The van der Waals surface area contributed by atoms with Crippen LogP contribution >= 0.6 is 24.8 Å². The third-order valence-electron chi connectivity index (χ3n) is 4.63. The van der Waals surface area contributed by atoms with Crippen molar-refractivity contribution < 1.29 is 9.59 Å². The van der Waals surface area contributed by atoms with Crippen LogP contribution in [0, 0.1) is 5.92 Å². The van der Waals surface area contributed by atoms with Crippen molar-refractivity contribution in [1.82, 2.24) is 20.5 Å². The van der Waals surface area contributed by atoms with Crippen LogP contribution in [0.1, 0.15) is 36.2 Å². The molecule has 8 heteroatoms. The normalized spacial score (nSPS) is 22.5. The van der Waals surface area contributed by atoms with Gasteiger partial charge in [0.1, 0.15) is 5.69 Å². The van der Waals surface area contributed by atoms with Gasteiger partial charge in [0.2, 0.25) is 5.91 Å². The molecular weight excluding hydrogens is 363 g/mol. The number of likely N-dealkylation sites (tertiary alicyclic amines) is 1. The minimum atomic E-state index is -0.0372. The summed E-state index contributed by atoms with van der Waals surface area (Å²) in [6, 6.07) is 5.35. The quantitative estimate of drug-likeness (QED) is 0.821. The zero-order valence-corrected chi connectivity index (χ0v) is 15.8. The van der Waals surface area contributed by atoms with Crippen LogP contribution in [0.4, 0.5) is 0 Å². The fourth-order valence-electron chi connectivity index (χ4n) is 3.34. The molecule has 1 aromatic heterocycles. The molecule has 3 heterocycles. The van der Waals surface area contributed by atoms with Crippen LogP contribution in [-0.2, 0) is 4.79 Å². The number of halogens is 2. The number of aromatic nitrogens is 1. The molecule has 0 radical (unpaired) electrons. The standard InChI is InChI=1S/C17H24N4O2.2ClH/c22-16(14-7-3-9-18-14)20-11-13-5-4-10-21(12-13)17(23)15-6-1-2-8-19-15;;/h1-2,6,8,13-14,18H,3-5,7,9-12H2,(H,20,22);2*1H. The maximum absolute atomic E-state index is 12.5. The third kappa shape index (κ3) is 5.83. The largest absolute Gasteiger partial charge is 0.354 e. The van der Waals surface area contributed by atoms with E-state index in [-0.39, 0.29) is 42.7 Å². The van der Waals surface area contributed by atoms with E-state index in [9.17, 15) is 9.59 Å². The van der Waals surface area contributed by atoms with Crippen molar-refractivity contribution in [2.75, 3.05) is 26.2 Å². The van der Waals surface area contributed by atoms with E-state index in [0.717, 1.165) is 38.8 Å². The Labute approximate surface area is 161 Å². The van der Waals surface area contributed by atoms with Gasteiger partial charge in [-0.05, 0) is 50.3 Å². The number of hydrogen-bond acceptors (Lipinski definition) is 4. The lowest BCUT2D eigenvalue weighted by Crippen LogP contribution is -2.46.